The number of nitrogens with zero attached hydrogens (tertiary/aromatic N) is 9. The Morgan fingerprint density at radius 3 is 2.64 bits per heavy atom. The highest BCUT2D eigenvalue weighted by atomic mass is 19.3. The number of aromatic nitrogens is 7. The van der Waals surface area contributed by atoms with E-state index in [4.69, 9.17) is 14.6 Å². The smallest absolute Gasteiger partial charge is 0.284 e. The molecule has 0 bridgehead atoms. The van der Waals surface area contributed by atoms with Crippen molar-refractivity contribution in [3.05, 3.63) is 65.4 Å². The highest BCUT2D eigenvalue weighted by Gasteiger charge is 2.36. The van der Waals surface area contributed by atoms with Gasteiger partial charge in [-0.1, -0.05) is 24.0 Å². The van der Waals surface area contributed by atoms with E-state index in [0.29, 0.717) is 69.4 Å². The van der Waals surface area contributed by atoms with Gasteiger partial charge >= 0.3 is 0 Å². The number of rotatable bonds is 12. The largest absolute Gasteiger partial charge is 0.394 e. The first-order valence-electron chi connectivity index (χ1n) is 22.9. The first kappa shape index (κ1) is 44.0. The van der Waals surface area contributed by atoms with Gasteiger partial charge in [0.1, 0.15) is 24.2 Å². The predicted molar refractivity (Wildman–Crippen MR) is 234 cm³/mol. The number of piperidine rings is 2. The zero-order valence-electron chi connectivity index (χ0n) is 36.3. The van der Waals surface area contributed by atoms with Crippen LogP contribution in [0.3, 0.4) is 0 Å². The predicted octanol–water partition coefficient (Wildman–Crippen LogP) is 4.73. The number of alkyl halides is 3. The van der Waals surface area contributed by atoms with Crippen molar-refractivity contribution in [2.45, 2.75) is 101 Å². The van der Waals surface area contributed by atoms with Crippen LogP contribution in [-0.4, -0.2) is 133 Å². The van der Waals surface area contributed by atoms with Gasteiger partial charge in [-0.05, 0) is 69.4 Å². The fourth-order valence-corrected chi connectivity index (χ4v) is 9.92. The molecule has 10 rings (SSSR count). The summed E-state index contributed by atoms with van der Waals surface area (Å²) < 4.78 is 60.7. The van der Waals surface area contributed by atoms with Crippen LogP contribution >= 0.6 is 0 Å². The van der Waals surface area contributed by atoms with Crippen molar-refractivity contribution in [3.8, 4) is 11.8 Å². The number of aliphatic hydroxyl groups is 1. The molecule has 3 aliphatic heterocycles. The lowest BCUT2D eigenvalue weighted by molar-refractivity contribution is -0.134. The molecule has 348 valence electrons. The van der Waals surface area contributed by atoms with E-state index in [9.17, 15) is 28.3 Å². The Hall–Kier alpha value is -5.88. The molecule has 1 unspecified atom stereocenters. The molecule has 0 radical (unpaired) electrons. The van der Waals surface area contributed by atoms with Gasteiger partial charge in [-0.2, -0.15) is 15.3 Å². The van der Waals surface area contributed by atoms with Gasteiger partial charge in [0.25, 0.3) is 12.3 Å². The molecule has 4 atom stereocenters. The molecule has 5 aliphatic rings. The summed E-state index contributed by atoms with van der Waals surface area (Å²) >= 11 is 0. The molecule has 20 heteroatoms. The van der Waals surface area contributed by atoms with Crippen LogP contribution in [0.4, 0.5) is 24.7 Å². The third kappa shape index (κ3) is 9.13. The van der Waals surface area contributed by atoms with Crippen molar-refractivity contribution in [2.75, 3.05) is 62.8 Å². The molecule has 3 saturated heterocycles. The molecule has 17 nitrogen and oxygen atoms in total. The fraction of sp³-hybridized carbons (Fsp3) is 0.543. The number of carbonyl (C=O) groups excluding carboxylic acids is 3. The van der Waals surface area contributed by atoms with E-state index < -0.39 is 36.2 Å². The monoisotopic (exact) mass is 911 g/mol. The van der Waals surface area contributed by atoms with E-state index in [1.54, 1.807) is 16.9 Å². The lowest BCUT2D eigenvalue weighted by atomic mass is 9.85. The number of hydrogen-bond acceptors (Lipinski definition) is 12. The molecular formula is C46H52F3N11O6. The van der Waals surface area contributed by atoms with E-state index in [0.717, 1.165) is 48.7 Å². The summed E-state index contributed by atoms with van der Waals surface area (Å²) in [6, 6.07) is 7.61. The van der Waals surface area contributed by atoms with E-state index in [1.807, 2.05) is 27.8 Å². The molecule has 1 aromatic carbocycles. The molecule has 0 spiro atoms. The lowest BCUT2D eigenvalue weighted by Crippen LogP contribution is -2.47. The Morgan fingerprint density at radius 2 is 1.86 bits per heavy atom. The Labute approximate surface area is 378 Å². The van der Waals surface area contributed by atoms with E-state index >= 15 is 4.39 Å². The number of morpholine rings is 1. The molecule has 5 aromatic rings. The number of nitrogens with one attached hydrogen (secondary N) is 2. The number of amides is 3. The van der Waals surface area contributed by atoms with Crippen LogP contribution in [0.15, 0.2) is 42.9 Å². The average molecular weight is 912 g/mol. The van der Waals surface area contributed by atoms with Gasteiger partial charge < -0.3 is 24.8 Å². The third-order valence-corrected chi connectivity index (χ3v) is 13.6. The number of ether oxygens (including phenoxy) is 2. The normalized spacial score (nSPS) is 25.3. The Balaban J connectivity index is 0.712. The maximum Gasteiger partial charge on any atom is 0.284 e. The molecule has 4 aromatic heterocycles. The van der Waals surface area contributed by atoms with Crippen molar-refractivity contribution in [2.24, 2.45) is 5.92 Å². The minimum Gasteiger partial charge on any atom is -0.394 e. The number of fused-ring (bicyclic) bond motifs is 2. The summed E-state index contributed by atoms with van der Waals surface area (Å²) in [5, 5.41) is 28.9. The average Bonchev–Trinajstić information content (AvgIpc) is 3.74. The molecular weight excluding hydrogens is 860 g/mol. The van der Waals surface area contributed by atoms with Crippen LogP contribution in [0.2, 0.25) is 0 Å². The molecule has 2 aliphatic carbocycles. The molecule has 3 amide bonds. The minimum absolute atomic E-state index is 0.0658. The number of hydrogen-bond donors (Lipinski definition) is 3. The minimum atomic E-state index is -2.92. The van der Waals surface area contributed by atoms with Gasteiger partial charge in [-0.15, -0.1) is 0 Å². The molecule has 66 heavy (non-hydrogen) atoms. The van der Waals surface area contributed by atoms with Crippen molar-refractivity contribution in [1.29, 1.82) is 0 Å². The Kier molecular flexibility index (Phi) is 12.5. The number of benzene rings is 1. The summed E-state index contributed by atoms with van der Waals surface area (Å²) in [7, 11) is 0. The first-order chi connectivity index (χ1) is 32.1. The third-order valence-electron chi connectivity index (χ3n) is 13.6. The number of anilines is 2. The van der Waals surface area contributed by atoms with Gasteiger partial charge in [0.05, 0.1) is 72.1 Å². The van der Waals surface area contributed by atoms with Gasteiger partial charge in [-0.25, -0.2) is 22.7 Å². The van der Waals surface area contributed by atoms with Crippen LogP contribution in [0.5, 0.6) is 0 Å². The van der Waals surface area contributed by atoms with Crippen LogP contribution in [0.1, 0.15) is 110 Å². The summed E-state index contributed by atoms with van der Waals surface area (Å²) in [4.78, 5) is 46.8. The van der Waals surface area contributed by atoms with Gasteiger partial charge in [0.2, 0.25) is 11.8 Å². The lowest BCUT2D eigenvalue weighted by Gasteiger charge is -2.38. The number of carbonyl (C=O) groups is 3. The second-order valence-electron chi connectivity index (χ2n) is 18.1. The Morgan fingerprint density at radius 1 is 1.03 bits per heavy atom. The van der Waals surface area contributed by atoms with Gasteiger partial charge in [0, 0.05) is 56.9 Å². The number of para-hydroxylation sites is 1. The van der Waals surface area contributed by atoms with Crippen molar-refractivity contribution in [3.63, 3.8) is 0 Å². The van der Waals surface area contributed by atoms with Crippen molar-refractivity contribution < 1.29 is 42.1 Å². The molecule has 7 heterocycles. The highest BCUT2D eigenvalue weighted by molar-refractivity contribution is 6.08. The summed E-state index contributed by atoms with van der Waals surface area (Å²) in [6.45, 7) is 2.98. The fourth-order valence-electron chi connectivity index (χ4n) is 9.92. The second kappa shape index (κ2) is 18.8. The van der Waals surface area contributed by atoms with Gasteiger partial charge in [0.15, 0.2) is 11.3 Å². The maximum atomic E-state index is 15.6. The zero-order chi connectivity index (χ0) is 45.5. The highest BCUT2D eigenvalue weighted by Crippen LogP contribution is 2.41. The standard InChI is InChI=1S/C46H52F3N11O6/c47-35-24-56(16-14-37(35)66-19-2-4-28-3-1-5-32-40(33-12-13-39(62)53-45(33)63)55-60(42(28)32)30-10-11-30)22-27-6-8-29(9-7-27)59-25-36(41(54-59)43(48)49)51-46(64)34-21-50-58-17-15-38(52-44(34)58)57-18-20-65-31(23-57)26-61/h1,3,5,15,17,21,25,27,29-31,33,35,37,43,61H,6-14,16,18-20,22-24,26H2,(H,51,64)(H,53,62,63)/t27?,29?,31-,33?,35+,37-/m1/s1. The van der Waals surface area contributed by atoms with Crippen molar-refractivity contribution >= 4 is 45.8 Å². The van der Waals surface area contributed by atoms with E-state index in [-0.39, 0.29) is 73.1 Å². The van der Waals surface area contributed by atoms with Crippen molar-refractivity contribution in [1.82, 2.24) is 44.4 Å². The van der Waals surface area contributed by atoms with Crippen LogP contribution in [-0.2, 0) is 19.1 Å². The van der Waals surface area contributed by atoms with Crippen LogP contribution in [0, 0.1) is 17.8 Å². The first-order valence-corrected chi connectivity index (χ1v) is 22.9. The Bertz CT molecular complexity index is 2680. The molecule has 5 fully saturated rings. The topological polar surface area (TPSA) is 186 Å². The quantitative estimate of drug-likeness (QED) is 0.116. The number of likely N-dealkylation sites (tertiary alicyclic amines) is 1. The van der Waals surface area contributed by atoms with E-state index in [1.165, 1.54) is 16.9 Å². The second-order valence-corrected chi connectivity index (χ2v) is 18.1. The zero-order valence-corrected chi connectivity index (χ0v) is 36.3. The van der Waals surface area contributed by atoms with Crippen LogP contribution in [0.25, 0.3) is 16.6 Å². The van der Waals surface area contributed by atoms with E-state index in [2.05, 4.69) is 42.6 Å². The maximum absolute atomic E-state index is 15.6. The molecule has 2 saturated carbocycles. The summed E-state index contributed by atoms with van der Waals surface area (Å²) in [6.07, 6.45) is 5.70. The number of aliphatic hydroxyl groups excluding tert-OH is 1. The molecule has 3 N–H and O–H groups in total. The number of halogens is 3. The summed E-state index contributed by atoms with van der Waals surface area (Å²) in [5.41, 5.74) is 2.08. The summed E-state index contributed by atoms with van der Waals surface area (Å²) in [5.74, 6) is 5.46. The number of imide groups is 1. The van der Waals surface area contributed by atoms with Crippen LogP contribution < -0.4 is 15.5 Å². The SMILES string of the molecule is O=C1CCC(c2nn(C3CC3)c3c(C#CCO[C@@H]4CCN(CC5CCC(n6cc(NC(=O)c7cnn8ccc(N9CCO[C@@H](CO)C9)nc78)c(C(F)F)n6)CC5)C[C@@H]4F)cccc23)C(=O)N1. The van der Waals surface area contributed by atoms with Gasteiger partial charge in [-0.3, -0.25) is 34.0 Å².